The highest BCUT2D eigenvalue weighted by molar-refractivity contribution is 5.74. The molecule has 0 fully saturated rings. The zero-order valence-electron chi connectivity index (χ0n) is 7.78. The van der Waals surface area contributed by atoms with E-state index in [0.717, 1.165) is 0 Å². The van der Waals surface area contributed by atoms with Crippen LogP contribution in [0.25, 0.3) is 0 Å². The van der Waals surface area contributed by atoms with Crippen molar-refractivity contribution in [3.63, 3.8) is 0 Å². The summed E-state index contributed by atoms with van der Waals surface area (Å²) < 4.78 is 6.30. The number of aromatic nitrogens is 2. The van der Waals surface area contributed by atoms with E-state index in [0.29, 0.717) is 18.0 Å². The van der Waals surface area contributed by atoms with Crippen LogP contribution in [0.5, 0.6) is 0 Å². The molecule has 2 N–H and O–H groups in total. The van der Waals surface area contributed by atoms with Gasteiger partial charge in [-0.1, -0.05) is 0 Å². The Labute approximate surface area is 76.5 Å². The quantitative estimate of drug-likeness (QED) is 0.675. The van der Waals surface area contributed by atoms with Gasteiger partial charge in [-0.3, -0.25) is 9.48 Å². The van der Waals surface area contributed by atoms with Gasteiger partial charge in [0.25, 0.3) is 0 Å². The number of hydrogen-bond acceptors (Lipinski definition) is 4. The van der Waals surface area contributed by atoms with Gasteiger partial charge in [0.1, 0.15) is 5.82 Å². The van der Waals surface area contributed by atoms with Crippen molar-refractivity contribution in [2.75, 3.05) is 12.3 Å². The summed E-state index contributed by atoms with van der Waals surface area (Å²) in [5.41, 5.74) is 6.35. The highest BCUT2D eigenvalue weighted by atomic mass is 16.5. The number of anilines is 1. The van der Waals surface area contributed by atoms with Crippen molar-refractivity contribution in [1.29, 1.82) is 0 Å². The second-order valence-electron chi connectivity index (χ2n) is 2.66. The van der Waals surface area contributed by atoms with E-state index in [1.165, 1.54) is 4.68 Å². The van der Waals surface area contributed by atoms with E-state index in [9.17, 15) is 4.79 Å². The largest absolute Gasteiger partial charge is 0.466 e. The van der Waals surface area contributed by atoms with Gasteiger partial charge in [-0.05, 0) is 6.92 Å². The Morgan fingerprint density at radius 1 is 1.77 bits per heavy atom. The highest BCUT2D eigenvalue weighted by Crippen LogP contribution is 2.10. The summed E-state index contributed by atoms with van der Waals surface area (Å²) in [5, 5.41) is 3.91. The van der Waals surface area contributed by atoms with Crippen molar-refractivity contribution in [1.82, 2.24) is 9.78 Å². The molecule has 0 amide bonds. The fourth-order valence-corrected chi connectivity index (χ4v) is 0.996. The molecule has 0 saturated carbocycles. The van der Waals surface area contributed by atoms with Gasteiger partial charge >= 0.3 is 5.97 Å². The minimum atomic E-state index is -0.276. The Hall–Kier alpha value is -1.52. The van der Waals surface area contributed by atoms with E-state index >= 15 is 0 Å². The first-order valence-electron chi connectivity index (χ1n) is 4.07. The molecule has 0 bridgehead atoms. The van der Waals surface area contributed by atoms with Crippen LogP contribution in [0.2, 0.25) is 0 Å². The molecule has 0 spiro atoms. The van der Waals surface area contributed by atoms with Crippen LogP contribution in [0.1, 0.15) is 12.5 Å². The smallest absolute Gasteiger partial charge is 0.310 e. The molecule has 0 radical (unpaired) electrons. The summed E-state index contributed by atoms with van der Waals surface area (Å²) in [4.78, 5) is 11.1. The molecule has 0 atom stereocenters. The number of nitrogens with two attached hydrogens (primary N) is 1. The van der Waals surface area contributed by atoms with Crippen LogP contribution in [-0.4, -0.2) is 22.4 Å². The summed E-state index contributed by atoms with van der Waals surface area (Å²) in [6, 6.07) is 0. The lowest BCUT2D eigenvalue weighted by atomic mass is 10.2. The van der Waals surface area contributed by atoms with Crippen LogP contribution in [0.3, 0.4) is 0 Å². The van der Waals surface area contributed by atoms with Gasteiger partial charge < -0.3 is 10.5 Å². The maximum absolute atomic E-state index is 11.1. The molecule has 5 nitrogen and oxygen atoms in total. The molecule has 0 aliphatic heterocycles. The SMILES string of the molecule is CCOC(=O)Cc1cnn(C)c1N. The summed E-state index contributed by atoms with van der Waals surface area (Å²) in [6.07, 6.45) is 1.76. The molecule has 5 heteroatoms. The van der Waals surface area contributed by atoms with Crippen molar-refractivity contribution < 1.29 is 9.53 Å². The lowest BCUT2D eigenvalue weighted by molar-refractivity contribution is -0.142. The van der Waals surface area contributed by atoms with Crippen LogP contribution < -0.4 is 5.73 Å². The van der Waals surface area contributed by atoms with E-state index in [-0.39, 0.29) is 12.4 Å². The molecule has 0 unspecified atom stereocenters. The van der Waals surface area contributed by atoms with E-state index in [4.69, 9.17) is 10.5 Å². The Kier molecular flexibility index (Phi) is 2.89. The first-order valence-corrected chi connectivity index (χ1v) is 4.07. The number of aryl methyl sites for hydroxylation is 1. The van der Waals surface area contributed by atoms with Crippen molar-refractivity contribution in [3.8, 4) is 0 Å². The number of carbonyl (C=O) groups excluding carboxylic acids is 1. The van der Waals surface area contributed by atoms with Crippen LogP contribution in [0.15, 0.2) is 6.20 Å². The normalized spacial score (nSPS) is 10.0. The lowest BCUT2D eigenvalue weighted by Crippen LogP contribution is -2.09. The van der Waals surface area contributed by atoms with E-state index in [1.54, 1.807) is 20.2 Å². The number of nitrogen functional groups attached to an aromatic ring is 1. The molecule has 0 aliphatic rings. The van der Waals surface area contributed by atoms with Crippen molar-refractivity contribution in [2.24, 2.45) is 7.05 Å². The number of carbonyl (C=O) groups is 1. The number of ether oxygens (including phenoxy) is 1. The van der Waals surface area contributed by atoms with E-state index in [2.05, 4.69) is 5.10 Å². The molecule has 1 aromatic heterocycles. The fourth-order valence-electron chi connectivity index (χ4n) is 0.996. The number of nitrogens with zero attached hydrogens (tertiary/aromatic N) is 2. The standard InChI is InChI=1S/C8H13N3O2/c1-3-13-7(12)4-6-5-10-11(2)8(6)9/h5H,3-4,9H2,1-2H3. The Morgan fingerprint density at radius 3 is 2.92 bits per heavy atom. The van der Waals surface area contributed by atoms with Crippen LogP contribution in [0, 0.1) is 0 Å². The lowest BCUT2D eigenvalue weighted by Gasteiger charge is -2.00. The van der Waals surface area contributed by atoms with Gasteiger partial charge in [0.05, 0.1) is 19.2 Å². The van der Waals surface area contributed by atoms with Crippen molar-refractivity contribution in [3.05, 3.63) is 11.8 Å². The van der Waals surface area contributed by atoms with E-state index < -0.39 is 0 Å². The van der Waals surface area contributed by atoms with E-state index in [1.807, 2.05) is 0 Å². The molecule has 13 heavy (non-hydrogen) atoms. The van der Waals surface area contributed by atoms with Gasteiger partial charge in [0.2, 0.25) is 0 Å². The molecule has 0 aliphatic carbocycles. The van der Waals surface area contributed by atoms with Gasteiger partial charge in [0, 0.05) is 12.6 Å². The Morgan fingerprint density at radius 2 is 2.46 bits per heavy atom. The predicted molar refractivity (Wildman–Crippen MR) is 48.0 cm³/mol. The second-order valence-corrected chi connectivity index (χ2v) is 2.66. The molecular formula is C8H13N3O2. The van der Waals surface area contributed by atoms with Crippen molar-refractivity contribution in [2.45, 2.75) is 13.3 Å². The number of hydrogen-bond donors (Lipinski definition) is 1. The van der Waals surface area contributed by atoms with Gasteiger partial charge in [-0.25, -0.2) is 0 Å². The summed E-state index contributed by atoms with van der Waals surface area (Å²) in [5.74, 6) is 0.232. The minimum absolute atomic E-state index is 0.188. The zero-order valence-corrected chi connectivity index (χ0v) is 7.78. The number of esters is 1. The van der Waals surface area contributed by atoms with Gasteiger partial charge in [-0.2, -0.15) is 5.10 Å². The Balaban J connectivity index is 2.64. The maximum atomic E-state index is 11.1. The van der Waals surface area contributed by atoms with Crippen LogP contribution >= 0.6 is 0 Å². The van der Waals surface area contributed by atoms with Gasteiger partial charge in [0.15, 0.2) is 0 Å². The predicted octanol–water partition coefficient (Wildman–Crippen LogP) is 0.108. The molecule has 1 aromatic rings. The minimum Gasteiger partial charge on any atom is -0.466 e. The monoisotopic (exact) mass is 183 g/mol. The molecule has 0 saturated heterocycles. The first kappa shape index (κ1) is 9.57. The van der Waals surface area contributed by atoms with Crippen molar-refractivity contribution >= 4 is 11.8 Å². The molecule has 1 rings (SSSR count). The third kappa shape index (κ3) is 2.21. The topological polar surface area (TPSA) is 70.1 Å². The third-order valence-electron chi connectivity index (χ3n) is 1.70. The maximum Gasteiger partial charge on any atom is 0.310 e. The summed E-state index contributed by atoms with van der Waals surface area (Å²) in [6.45, 7) is 2.16. The zero-order chi connectivity index (χ0) is 9.84. The average molecular weight is 183 g/mol. The highest BCUT2D eigenvalue weighted by Gasteiger charge is 2.09. The summed E-state index contributed by atoms with van der Waals surface area (Å²) in [7, 11) is 1.73. The van der Waals surface area contributed by atoms with Crippen LogP contribution in [-0.2, 0) is 23.0 Å². The average Bonchev–Trinajstić information content (AvgIpc) is 2.37. The molecular weight excluding hydrogens is 170 g/mol. The summed E-state index contributed by atoms with van der Waals surface area (Å²) >= 11 is 0. The van der Waals surface area contributed by atoms with Crippen LogP contribution in [0.4, 0.5) is 5.82 Å². The Bertz CT molecular complexity index is 306. The number of rotatable bonds is 3. The second kappa shape index (κ2) is 3.93. The molecule has 1 heterocycles. The van der Waals surface area contributed by atoms with Gasteiger partial charge in [-0.15, -0.1) is 0 Å². The first-order chi connectivity index (χ1) is 6.15. The molecule has 0 aromatic carbocycles. The third-order valence-corrected chi connectivity index (χ3v) is 1.70. The fraction of sp³-hybridized carbons (Fsp3) is 0.500. The molecule has 72 valence electrons.